The molecule has 1 saturated heterocycles. The van der Waals surface area contributed by atoms with Gasteiger partial charge in [0, 0.05) is 7.05 Å². The van der Waals surface area contributed by atoms with Crippen LogP contribution in [0.2, 0.25) is 0 Å². The first-order valence-corrected chi connectivity index (χ1v) is 12.1. The molecular weight excluding hydrogens is 394 g/mol. The molecule has 5 rings (SSSR count). The number of piperidine rings is 1. The molecule has 6 nitrogen and oxygen atoms in total. The number of hydrogen-bond acceptors (Lipinski definition) is 7. The van der Waals surface area contributed by atoms with Crippen LogP contribution in [-0.2, 0) is 0 Å². The molecule has 3 aliphatic rings. The predicted molar refractivity (Wildman–Crippen MR) is 121 cm³/mol. The van der Waals surface area contributed by atoms with E-state index in [0.717, 1.165) is 29.0 Å². The maximum atomic E-state index is 5.49. The van der Waals surface area contributed by atoms with Crippen LogP contribution in [-0.4, -0.2) is 58.6 Å². The average molecular weight is 426 g/mol. The number of aryl methyl sites for hydroxylation is 1. The zero-order chi connectivity index (χ0) is 20.6. The number of benzene rings is 1. The second-order valence-electron chi connectivity index (χ2n) is 8.89. The summed E-state index contributed by atoms with van der Waals surface area (Å²) in [5.74, 6) is 3.52. The lowest BCUT2D eigenvalue weighted by Crippen LogP contribution is -2.37. The highest BCUT2D eigenvalue weighted by atomic mass is 32.2. The highest BCUT2D eigenvalue weighted by molar-refractivity contribution is 7.99. The highest BCUT2D eigenvalue weighted by Crippen LogP contribution is 2.64. The van der Waals surface area contributed by atoms with Crippen LogP contribution < -0.4 is 5.43 Å². The number of hydrogen-bond donors (Lipinski definition) is 1. The molecule has 2 fully saturated rings. The number of aromatic nitrogens is 1. The third kappa shape index (κ3) is 3.85. The number of oxazole rings is 1. The molecule has 2 aromatic rings. The summed E-state index contributed by atoms with van der Waals surface area (Å²) >= 11 is 1.91. The summed E-state index contributed by atoms with van der Waals surface area (Å²) in [6.07, 6.45) is 6.81. The van der Waals surface area contributed by atoms with E-state index in [-0.39, 0.29) is 5.50 Å². The Morgan fingerprint density at radius 3 is 2.77 bits per heavy atom. The van der Waals surface area contributed by atoms with E-state index in [9.17, 15) is 0 Å². The van der Waals surface area contributed by atoms with Crippen molar-refractivity contribution in [2.45, 2.75) is 44.0 Å². The number of thioether (sulfide) groups is 1. The van der Waals surface area contributed by atoms with Crippen molar-refractivity contribution >= 4 is 17.6 Å². The Kier molecular flexibility index (Phi) is 5.50. The Balaban J connectivity index is 1.02. The number of amidine groups is 1. The molecule has 2 aliphatic heterocycles. The molecule has 1 saturated carbocycles. The zero-order valence-electron chi connectivity index (χ0n) is 17.9. The molecule has 0 bridgehead atoms. The average Bonchev–Trinajstić information content (AvgIpc) is 3.09. The van der Waals surface area contributed by atoms with E-state index in [2.05, 4.69) is 62.7 Å². The maximum absolute atomic E-state index is 5.49. The summed E-state index contributed by atoms with van der Waals surface area (Å²) in [5, 5.41) is 4.45. The van der Waals surface area contributed by atoms with Crippen molar-refractivity contribution in [3.05, 3.63) is 53.7 Å². The number of rotatable bonds is 7. The molecule has 2 atom stereocenters. The molecule has 1 aliphatic carbocycles. The summed E-state index contributed by atoms with van der Waals surface area (Å²) < 4.78 is 5.49. The Morgan fingerprint density at radius 2 is 2.03 bits per heavy atom. The molecule has 0 amide bonds. The highest BCUT2D eigenvalue weighted by Gasteiger charge is 2.54. The minimum atomic E-state index is 0.159. The van der Waals surface area contributed by atoms with Crippen LogP contribution in [0.5, 0.6) is 0 Å². The lowest BCUT2D eigenvalue weighted by atomic mass is 9.88. The topological polar surface area (TPSA) is 56.9 Å². The summed E-state index contributed by atoms with van der Waals surface area (Å²) in [7, 11) is 2.06. The van der Waals surface area contributed by atoms with Gasteiger partial charge >= 0.3 is 0 Å². The van der Waals surface area contributed by atoms with E-state index in [4.69, 9.17) is 4.42 Å². The van der Waals surface area contributed by atoms with Crippen LogP contribution in [0.3, 0.4) is 0 Å². The molecule has 1 N–H and O–H groups in total. The van der Waals surface area contributed by atoms with Crippen LogP contribution in [0.25, 0.3) is 0 Å². The number of hydrazone groups is 1. The minimum absolute atomic E-state index is 0.159. The number of nitrogens with zero attached hydrogens (tertiary/aromatic N) is 4. The molecule has 30 heavy (non-hydrogen) atoms. The van der Waals surface area contributed by atoms with E-state index in [1.54, 1.807) is 5.56 Å². The van der Waals surface area contributed by atoms with Gasteiger partial charge < -0.3 is 14.2 Å². The van der Waals surface area contributed by atoms with Crippen molar-refractivity contribution in [1.82, 2.24) is 20.2 Å². The molecule has 7 heteroatoms. The van der Waals surface area contributed by atoms with Gasteiger partial charge in [0.05, 0.1) is 5.69 Å². The van der Waals surface area contributed by atoms with Gasteiger partial charge in [0.1, 0.15) is 0 Å². The van der Waals surface area contributed by atoms with Crippen molar-refractivity contribution in [3.8, 4) is 0 Å². The van der Waals surface area contributed by atoms with Crippen LogP contribution in [0.15, 0.2) is 46.2 Å². The van der Waals surface area contributed by atoms with Gasteiger partial charge in [-0.25, -0.2) is 4.98 Å². The second kappa shape index (κ2) is 8.27. The standard InChI is InChI=1S/C23H31N5OS/c1-17-20(29-16-24-17)21-25-26-22(27(21)2)30-14-6-11-28-12-9-23(10-13-28)15-19(23)18-7-4-3-5-8-18/h3-5,7-8,16,19,22,26H,6,9-15H2,1-2H3/t19-,22?/m0/s1. The Hall–Kier alpha value is -1.99. The maximum Gasteiger partial charge on any atom is 0.195 e. The third-order valence-electron chi connectivity index (χ3n) is 7.05. The van der Waals surface area contributed by atoms with Crippen LogP contribution >= 0.6 is 11.8 Å². The normalized spacial score (nSPS) is 25.4. The molecule has 1 spiro atoms. The van der Waals surface area contributed by atoms with Crippen molar-refractivity contribution < 1.29 is 4.42 Å². The first-order chi connectivity index (χ1) is 14.7. The van der Waals surface area contributed by atoms with E-state index in [1.165, 1.54) is 51.7 Å². The van der Waals surface area contributed by atoms with Gasteiger partial charge in [-0.1, -0.05) is 30.3 Å². The van der Waals surface area contributed by atoms with Gasteiger partial charge in [0.2, 0.25) is 0 Å². The molecule has 160 valence electrons. The first kappa shape index (κ1) is 19.9. The van der Waals surface area contributed by atoms with Crippen molar-refractivity contribution in [3.63, 3.8) is 0 Å². The largest absolute Gasteiger partial charge is 0.440 e. The second-order valence-corrected chi connectivity index (χ2v) is 10.1. The Bertz CT molecular complexity index is 890. The minimum Gasteiger partial charge on any atom is -0.440 e. The summed E-state index contributed by atoms with van der Waals surface area (Å²) in [5.41, 5.74) is 6.42. The van der Waals surface area contributed by atoms with Gasteiger partial charge in [0.15, 0.2) is 23.5 Å². The molecule has 0 radical (unpaired) electrons. The van der Waals surface area contributed by atoms with E-state index < -0.39 is 0 Å². The lowest BCUT2D eigenvalue weighted by Gasteiger charge is -2.33. The van der Waals surface area contributed by atoms with Gasteiger partial charge in [-0.05, 0) is 74.9 Å². The summed E-state index contributed by atoms with van der Waals surface area (Å²) in [6, 6.07) is 11.1. The lowest BCUT2D eigenvalue weighted by molar-refractivity contribution is 0.170. The molecular formula is C23H31N5OS. The van der Waals surface area contributed by atoms with Crippen molar-refractivity contribution in [2.24, 2.45) is 10.5 Å². The van der Waals surface area contributed by atoms with Crippen LogP contribution in [0, 0.1) is 12.3 Å². The van der Waals surface area contributed by atoms with E-state index >= 15 is 0 Å². The van der Waals surface area contributed by atoms with Gasteiger partial charge in [-0.2, -0.15) is 5.10 Å². The van der Waals surface area contributed by atoms with E-state index in [1.807, 2.05) is 18.7 Å². The van der Waals surface area contributed by atoms with E-state index in [0.29, 0.717) is 5.41 Å². The van der Waals surface area contributed by atoms with Gasteiger partial charge in [0.25, 0.3) is 0 Å². The predicted octanol–water partition coefficient (Wildman–Crippen LogP) is 3.86. The quantitative estimate of drug-likeness (QED) is 0.680. The van der Waals surface area contributed by atoms with Gasteiger partial charge in [-0.3, -0.25) is 5.43 Å². The fourth-order valence-electron chi connectivity index (χ4n) is 5.03. The van der Waals surface area contributed by atoms with Crippen LogP contribution in [0.4, 0.5) is 0 Å². The Labute approximate surface area is 183 Å². The SMILES string of the molecule is Cc1ncoc1C1=NNC(SCCCN2CCC3(CC2)C[C@H]3c2ccccc2)N1C. The van der Waals surface area contributed by atoms with Crippen LogP contribution in [0.1, 0.15) is 48.6 Å². The zero-order valence-corrected chi connectivity index (χ0v) is 18.7. The fraction of sp³-hybridized carbons (Fsp3) is 0.565. The summed E-state index contributed by atoms with van der Waals surface area (Å²) in [4.78, 5) is 8.97. The number of nitrogens with one attached hydrogen (secondary N) is 1. The monoisotopic (exact) mass is 425 g/mol. The summed E-state index contributed by atoms with van der Waals surface area (Å²) in [6.45, 7) is 5.66. The fourth-order valence-corrected chi connectivity index (χ4v) is 6.00. The number of likely N-dealkylation sites (tertiary alicyclic amines) is 1. The van der Waals surface area contributed by atoms with Crippen molar-refractivity contribution in [1.29, 1.82) is 0 Å². The van der Waals surface area contributed by atoms with Crippen molar-refractivity contribution in [2.75, 3.05) is 32.4 Å². The molecule has 1 unspecified atom stereocenters. The Morgan fingerprint density at radius 1 is 1.23 bits per heavy atom. The molecule has 1 aromatic carbocycles. The molecule has 3 heterocycles. The third-order valence-corrected chi connectivity index (χ3v) is 8.32. The first-order valence-electron chi connectivity index (χ1n) is 11.0. The molecule has 1 aromatic heterocycles. The van der Waals surface area contributed by atoms with Gasteiger partial charge in [-0.15, -0.1) is 11.8 Å². The smallest absolute Gasteiger partial charge is 0.195 e.